The van der Waals surface area contributed by atoms with Gasteiger partial charge in [-0.2, -0.15) is 0 Å². The zero-order chi connectivity index (χ0) is 16.1. The van der Waals surface area contributed by atoms with Crippen molar-refractivity contribution in [3.05, 3.63) is 45.7 Å². The molecular formula is C17H20FN3OS. The molecule has 2 aromatic rings. The molecule has 1 heterocycles. The van der Waals surface area contributed by atoms with Gasteiger partial charge in [-0.05, 0) is 43.9 Å². The largest absolute Gasteiger partial charge is 0.376 e. The van der Waals surface area contributed by atoms with Crippen LogP contribution in [0.5, 0.6) is 0 Å². The van der Waals surface area contributed by atoms with Crippen LogP contribution < -0.4 is 10.6 Å². The molecule has 0 radical (unpaired) electrons. The summed E-state index contributed by atoms with van der Waals surface area (Å²) in [6.45, 7) is 0.716. The minimum Gasteiger partial charge on any atom is -0.376 e. The summed E-state index contributed by atoms with van der Waals surface area (Å²) in [4.78, 5) is 17.9. The maximum atomic E-state index is 13.0. The van der Waals surface area contributed by atoms with Gasteiger partial charge in [0.25, 0.3) is 0 Å². The number of hydrogen-bond donors (Lipinski definition) is 2. The number of thiazole rings is 1. The SMILES string of the molecule is O=C(CNc1cccc(F)c1)NCCc1nc2c(s1)CCCC2. The number of benzene rings is 1. The monoisotopic (exact) mass is 333 g/mol. The van der Waals surface area contributed by atoms with Crippen molar-refractivity contribution in [3.63, 3.8) is 0 Å². The molecule has 1 aromatic heterocycles. The van der Waals surface area contributed by atoms with Crippen LogP contribution in [0.3, 0.4) is 0 Å². The van der Waals surface area contributed by atoms with Crippen molar-refractivity contribution in [3.8, 4) is 0 Å². The van der Waals surface area contributed by atoms with Gasteiger partial charge in [-0.25, -0.2) is 9.37 Å². The Kier molecular flexibility index (Phi) is 5.23. The van der Waals surface area contributed by atoms with E-state index in [-0.39, 0.29) is 18.3 Å². The summed E-state index contributed by atoms with van der Waals surface area (Å²) in [5.74, 6) is -0.418. The van der Waals surface area contributed by atoms with Gasteiger partial charge in [0.05, 0.1) is 17.2 Å². The van der Waals surface area contributed by atoms with E-state index in [1.165, 1.54) is 35.5 Å². The number of halogens is 1. The number of carbonyl (C=O) groups excluding carboxylic acids is 1. The average molecular weight is 333 g/mol. The highest BCUT2D eigenvalue weighted by atomic mass is 32.1. The first-order valence-electron chi connectivity index (χ1n) is 7.94. The molecule has 0 aliphatic heterocycles. The second kappa shape index (κ2) is 7.55. The highest BCUT2D eigenvalue weighted by molar-refractivity contribution is 7.11. The number of nitrogens with one attached hydrogen (secondary N) is 2. The van der Waals surface area contributed by atoms with Gasteiger partial charge < -0.3 is 10.6 Å². The maximum absolute atomic E-state index is 13.0. The van der Waals surface area contributed by atoms with Crippen LogP contribution >= 0.6 is 11.3 Å². The fourth-order valence-electron chi connectivity index (χ4n) is 2.66. The van der Waals surface area contributed by atoms with E-state index in [0.29, 0.717) is 12.2 Å². The molecule has 1 aliphatic rings. The van der Waals surface area contributed by atoms with Crippen LogP contribution in [-0.4, -0.2) is 24.0 Å². The van der Waals surface area contributed by atoms with E-state index in [1.54, 1.807) is 23.5 Å². The second-order valence-electron chi connectivity index (χ2n) is 5.65. The van der Waals surface area contributed by atoms with Gasteiger partial charge in [0, 0.05) is 23.5 Å². The number of carbonyl (C=O) groups is 1. The lowest BCUT2D eigenvalue weighted by molar-refractivity contribution is -0.119. The number of aromatic nitrogens is 1. The molecule has 0 unspecified atom stereocenters. The maximum Gasteiger partial charge on any atom is 0.239 e. The third kappa shape index (κ3) is 4.51. The number of anilines is 1. The third-order valence-electron chi connectivity index (χ3n) is 3.83. The zero-order valence-corrected chi connectivity index (χ0v) is 13.7. The van der Waals surface area contributed by atoms with E-state index in [9.17, 15) is 9.18 Å². The molecule has 0 bridgehead atoms. The summed E-state index contributed by atoms with van der Waals surface area (Å²) in [7, 11) is 0. The first kappa shape index (κ1) is 15.9. The van der Waals surface area contributed by atoms with Gasteiger partial charge in [-0.1, -0.05) is 6.07 Å². The Hall–Kier alpha value is -1.95. The summed E-state index contributed by atoms with van der Waals surface area (Å²) >= 11 is 1.78. The summed E-state index contributed by atoms with van der Waals surface area (Å²) in [6.07, 6.45) is 5.51. The zero-order valence-electron chi connectivity index (χ0n) is 12.9. The van der Waals surface area contributed by atoms with Crippen LogP contribution in [0.25, 0.3) is 0 Å². The molecule has 122 valence electrons. The lowest BCUT2D eigenvalue weighted by Gasteiger charge is -2.07. The van der Waals surface area contributed by atoms with E-state index in [0.717, 1.165) is 24.3 Å². The van der Waals surface area contributed by atoms with Gasteiger partial charge >= 0.3 is 0 Å². The summed E-state index contributed by atoms with van der Waals surface area (Å²) in [6, 6.07) is 6.09. The molecule has 0 spiro atoms. The summed E-state index contributed by atoms with van der Waals surface area (Å²) in [5, 5.41) is 6.88. The van der Waals surface area contributed by atoms with Crippen LogP contribution in [-0.2, 0) is 24.1 Å². The lowest BCUT2D eigenvalue weighted by Crippen LogP contribution is -2.31. The molecule has 0 saturated carbocycles. The molecule has 0 fully saturated rings. The van der Waals surface area contributed by atoms with Crippen molar-refractivity contribution < 1.29 is 9.18 Å². The Morgan fingerprint density at radius 2 is 2.17 bits per heavy atom. The lowest BCUT2D eigenvalue weighted by atomic mass is 10.0. The van der Waals surface area contributed by atoms with Crippen LogP contribution in [0, 0.1) is 5.82 Å². The summed E-state index contributed by atoms with van der Waals surface area (Å²) < 4.78 is 13.0. The minimum atomic E-state index is -0.317. The Bertz CT molecular complexity index is 663. The molecular weight excluding hydrogens is 313 g/mol. The van der Waals surface area contributed by atoms with Crippen molar-refractivity contribution in [2.45, 2.75) is 32.1 Å². The predicted octanol–water partition coefficient (Wildman–Crippen LogP) is 2.93. The van der Waals surface area contributed by atoms with Crippen LogP contribution in [0.4, 0.5) is 10.1 Å². The van der Waals surface area contributed by atoms with Crippen LogP contribution in [0.15, 0.2) is 24.3 Å². The molecule has 0 saturated heterocycles. The number of rotatable bonds is 6. The Labute approximate surface area is 139 Å². The van der Waals surface area contributed by atoms with Gasteiger partial charge in [0.2, 0.25) is 5.91 Å². The van der Waals surface area contributed by atoms with E-state index < -0.39 is 0 Å². The second-order valence-corrected chi connectivity index (χ2v) is 6.82. The number of nitrogens with zero attached hydrogens (tertiary/aromatic N) is 1. The topological polar surface area (TPSA) is 54.0 Å². The minimum absolute atomic E-state index is 0.101. The van der Waals surface area contributed by atoms with E-state index in [1.807, 2.05) is 0 Å². The molecule has 6 heteroatoms. The fraction of sp³-hybridized carbons (Fsp3) is 0.412. The van der Waals surface area contributed by atoms with Gasteiger partial charge in [-0.15, -0.1) is 11.3 Å². The average Bonchev–Trinajstić information content (AvgIpc) is 2.96. The van der Waals surface area contributed by atoms with Crippen molar-refractivity contribution in [1.82, 2.24) is 10.3 Å². The molecule has 3 rings (SSSR count). The quantitative estimate of drug-likeness (QED) is 0.854. The number of fused-ring (bicyclic) bond motifs is 1. The van der Waals surface area contributed by atoms with Crippen molar-refractivity contribution in [1.29, 1.82) is 0 Å². The fourth-order valence-corrected chi connectivity index (χ4v) is 3.82. The number of amides is 1. The normalized spacial score (nSPS) is 13.4. The third-order valence-corrected chi connectivity index (χ3v) is 5.05. The first-order chi connectivity index (χ1) is 11.2. The first-order valence-corrected chi connectivity index (χ1v) is 8.76. The molecule has 1 aliphatic carbocycles. The van der Waals surface area contributed by atoms with Crippen LogP contribution in [0.1, 0.15) is 28.4 Å². The van der Waals surface area contributed by atoms with Crippen molar-refractivity contribution >= 4 is 22.9 Å². The number of aryl methyl sites for hydroxylation is 2. The Balaban J connectivity index is 1.40. The highest BCUT2D eigenvalue weighted by Gasteiger charge is 2.14. The van der Waals surface area contributed by atoms with Gasteiger partial charge in [0.15, 0.2) is 0 Å². The van der Waals surface area contributed by atoms with E-state index in [4.69, 9.17) is 0 Å². The number of hydrogen-bond acceptors (Lipinski definition) is 4. The molecule has 23 heavy (non-hydrogen) atoms. The standard InChI is InChI=1S/C17H20FN3OS/c18-12-4-3-5-13(10-12)20-11-16(22)19-9-8-17-21-14-6-1-2-7-15(14)23-17/h3-5,10,20H,1-2,6-9,11H2,(H,19,22). The van der Waals surface area contributed by atoms with Crippen molar-refractivity contribution in [2.24, 2.45) is 0 Å². The summed E-state index contributed by atoms with van der Waals surface area (Å²) in [5.41, 5.74) is 1.86. The Morgan fingerprint density at radius 1 is 1.30 bits per heavy atom. The van der Waals surface area contributed by atoms with E-state index >= 15 is 0 Å². The molecule has 4 nitrogen and oxygen atoms in total. The molecule has 2 N–H and O–H groups in total. The predicted molar refractivity (Wildman–Crippen MR) is 90.4 cm³/mol. The van der Waals surface area contributed by atoms with Gasteiger partial charge in [-0.3, -0.25) is 4.79 Å². The smallest absolute Gasteiger partial charge is 0.239 e. The molecule has 0 atom stereocenters. The molecule has 1 amide bonds. The van der Waals surface area contributed by atoms with Gasteiger partial charge in [0.1, 0.15) is 5.82 Å². The highest BCUT2D eigenvalue weighted by Crippen LogP contribution is 2.26. The Morgan fingerprint density at radius 3 is 3.00 bits per heavy atom. The van der Waals surface area contributed by atoms with Crippen molar-refractivity contribution in [2.75, 3.05) is 18.4 Å². The van der Waals surface area contributed by atoms with E-state index in [2.05, 4.69) is 15.6 Å². The van der Waals surface area contributed by atoms with Crippen LogP contribution in [0.2, 0.25) is 0 Å². The molecule has 1 aromatic carbocycles.